The highest BCUT2D eigenvalue weighted by atomic mass is 16.6. The molecule has 3 amide bonds. The molecule has 2 aromatic rings. The van der Waals surface area contributed by atoms with Gasteiger partial charge in [-0.15, -0.1) is 0 Å². The van der Waals surface area contributed by atoms with Crippen LogP contribution in [0.3, 0.4) is 0 Å². The second kappa shape index (κ2) is 13.6. The zero-order chi connectivity index (χ0) is 32.1. The van der Waals surface area contributed by atoms with Crippen LogP contribution in [0, 0.1) is 12.8 Å². The molecule has 5 unspecified atom stereocenters. The van der Waals surface area contributed by atoms with E-state index in [0.717, 1.165) is 11.1 Å². The van der Waals surface area contributed by atoms with E-state index in [9.17, 15) is 19.2 Å². The summed E-state index contributed by atoms with van der Waals surface area (Å²) in [5.74, 6) is -1.33. The van der Waals surface area contributed by atoms with Gasteiger partial charge in [-0.3, -0.25) is 9.59 Å². The van der Waals surface area contributed by atoms with Crippen molar-refractivity contribution in [1.29, 1.82) is 0 Å². The van der Waals surface area contributed by atoms with Crippen LogP contribution in [0.1, 0.15) is 84.5 Å². The number of rotatable bonds is 10. The third-order valence-electron chi connectivity index (χ3n) is 6.96. The molecule has 9 nitrogen and oxygen atoms in total. The summed E-state index contributed by atoms with van der Waals surface area (Å²) in [6, 6.07) is 13.6. The smallest absolute Gasteiger partial charge is 0.408 e. The predicted molar refractivity (Wildman–Crippen MR) is 165 cm³/mol. The van der Waals surface area contributed by atoms with E-state index in [2.05, 4.69) is 10.6 Å². The van der Waals surface area contributed by atoms with E-state index in [1.54, 1.807) is 59.4 Å². The van der Waals surface area contributed by atoms with Gasteiger partial charge in [0.1, 0.15) is 29.3 Å². The highest BCUT2D eigenvalue weighted by Gasteiger charge is 2.48. The van der Waals surface area contributed by atoms with E-state index in [0.29, 0.717) is 12.0 Å². The van der Waals surface area contributed by atoms with Crippen LogP contribution in [0.5, 0.6) is 0 Å². The molecule has 3 rings (SSSR count). The second-order valence-electron chi connectivity index (χ2n) is 13.5. The standard InChI is InChI=1S/C34H47N3O6/c1-21-14-13-17-25(18-21)28(37(27-19-22(27)2)30(39)23(3)35-32(41)43-34(7,8)9)29(38)36-26(31(40)42-33(4,5)6)20-24-15-11-10-12-16-24/h10-18,22-23,26-28H,19-20H2,1-9H3,(H,35,41)(H,36,38). The van der Waals surface area contributed by atoms with E-state index >= 15 is 0 Å². The Kier molecular flexibility index (Phi) is 10.6. The van der Waals surface area contributed by atoms with Gasteiger partial charge in [-0.05, 0) is 78.9 Å². The first kappa shape index (κ1) is 33.6. The number of benzene rings is 2. The van der Waals surface area contributed by atoms with Crippen LogP contribution in [-0.2, 0) is 30.3 Å². The van der Waals surface area contributed by atoms with Gasteiger partial charge in [0, 0.05) is 12.5 Å². The van der Waals surface area contributed by atoms with Crippen molar-refractivity contribution >= 4 is 23.9 Å². The molecule has 5 atom stereocenters. The van der Waals surface area contributed by atoms with Crippen LogP contribution in [-0.4, -0.2) is 58.1 Å². The highest BCUT2D eigenvalue weighted by molar-refractivity contribution is 5.94. The Morgan fingerprint density at radius 1 is 0.907 bits per heavy atom. The van der Waals surface area contributed by atoms with Crippen molar-refractivity contribution in [2.24, 2.45) is 5.92 Å². The third-order valence-corrected chi connectivity index (χ3v) is 6.96. The molecule has 0 bridgehead atoms. The number of esters is 1. The van der Waals surface area contributed by atoms with Crippen molar-refractivity contribution in [3.8, 4) is 0 Å². The predicted octanol–water partition coefficient (Wildman–Crippen LogP) is 5.26. The maximum Gasteiger partial charge on any atom is 0.408 e. The molecule has 0 spiro atoms. The van der Waals surface area contributed by atoms with Crippen LogP contribution in [0.25, 0.3) is 0 Å². The second-order valence-corrected chi connectivity index (χ2v) is 13.5. The Balaban J connectivity index is 1.99. The third kappa shape index (κ3) is 10.1. The molecule has 2 aromatic carbocycles. The van der Waals surface area contributed by atoms with Crippen molar-refractivity contribution < 1.29 is 28.7 Å². The van der Waals surface area contributed by atoms with Crippen LogP contribution in [0.2, 0.25) is 0 Å². The normalized spacial score (nSPS) is 18.4. The molecule has 43 heavy (non-hydrogen) atoms. The van der Waals surface area contributed by atoms with Crippen LogP contribution in [0.4, 0.5) is 4.79 Å². The monoisotopic (exact) mass is 593 g/mol. The first-order valence-electron chi connectivity index (χ1n) is 14.9. The number of hydrogen-bond acceptors (Lipinski definition) is 6. The van der Waals surface area contributed by atoms with Crippen molar-refractivity contribution in [3.05, 3.63) is 71.3 Å². The number of carbonyl (C=O) groups is 4. The van der Waals surface area contributed by atoms with Gasteiger partial charge in [0.15, 0.2) is 0 Å². The molecule has 1 aliphatic carbocycles. The van der Waals surface area contributed by atoms with Gasteiger partial charge < -0.3 is 25.0 Å². The minimum absolute atomic E-state index is 0.156. The van der Waals surface area contributed by atoms with Crippen LogP contribution < -0.4 is 10.6 Å². The number of nitrogens with one attached hydrogen (secondary N) is 2. The summed E-state index contributed by atoms with van der Waals surface area (Å²) in [4.78, 5) is 55.9. The van der Waals surface area contributed by atoms with Gasteiger partial charge in [0.05, 0.1) is 0 Å². The summed E-state index contributed by atoms with van der Waals surface area (Å²) in [7, 11) is 0. The van der Waals surface area contributed by atoms with Gasteiger partial charge in [0.25, 0.3) is 0 Å². The Labute approximate surface area is 255 Å². The molecule has 234 valence electrons. The number of amides is 3. The number of hydrogen-bond donors (Lipinski definition) is 2. The molecule has 2 N–H and O–H groups in total. The largest absolute Gasteiger partial charge is 0.458 e. The van der Waals surface area contributed by atoms with Crippen molar-refractivity contribution in [2.45, 2.75) is 111 Å². The lowest BCUT2D eigenvalue weighted by Gasteiger charge is -2.35. The SMILES string of the molecule is Cc1cccc(C(C(=O)NC(Cc2ccccc2)C(=O)OC(C)(C)C)N(C(=O)C(C)NC(=O)OC(C)(C)C)C2CC2C)c1. The molecule has 0 radical (unpaired) electrons. The zero-order valence-corrected chi connectivity index (χ0v) is 26.9. The summed E-state index contributed by atoms with van der Waals surface area (Å²) in [5, 5.41) is 5.56. The van der Waals surface area contributed by atoms with E-state index in [1.165, 1.54) is 0 Å². The molecule has 1 aliphatic rings. The van der Waals surface area contributed by atoms with Crippen molar-refractivity contribution in [1.82, 2.24) is 15.5 Å². The average Bonchev–Trinajstić information content (AvgIpc) is 3.60. The van der Waals surface area contributed by atoms with Gasteiger partial charge in [-0.25, -0.2) is 9.59 Å². The molecule has 9 heteroatoms. The summed E-state index contributed by atoms with van der Waals surface area (Å²) in [6.45, 7) is 16.1. The van der Waals surface area contributed by atoms with Crippen LogP contribution in [0.15, 0.2) is 54.6 Å². The zero-order valence-electron chi connectivity index (χ0n) is 26.9. The number of alkyl carbamates (subject to hydrolysis) is 1. The fraction of sp³-hybridized carbons (Fsp3) is 0.529. The lowest BCUT2D eigenvalue weighted by atomic mass is 9.99. The maximum atomic E-state index is 14.3. The molecule has 0 heterocycles. The summed E-state index contributed by atoms with van der Waals surface area (Å²) in [6.07, 6.45) is 0.202. The Morgan fingerprint density at radius 2 is 1.51 bits per heavy atom. The van der Waals surface area contributed by atoms with E-state index in [-0.39, 0.29) is 18.4 Å². The van der Waals surface area contributed by atoms with Gasteiger partial charge in [-0.1, -0.05) is 67.1 Å². The first-order chi connectivity index (χ1) is 19.9. The van der Waals surface area contributed by atoms with E-state index < -0.39 is 53.2 Å². The Bertz CT molecular complexity index is 1300. The Hall–Kier alpha value is -3.88. The fourth-order valence-electron chi connectivity index (χ4n) is 4.89. The number of nitrogens with zero attached hydrogens (tertiary/aromatic N) is 1. The lowest BCUT2D eigenvalue weighted by Crippen LogP contribution is -2.55. The Morgan fingerprint density at radius 3 is 2.05 bits per heavy atom. The van der Waals surface area contributed by atoms with Gasteiger partial charge in [0.2, 0.25) is 11.8 Å². The number of aryl methyl sites for hydroxylation is 1. The number of ether oxygens (including phenoxy) is 2. The van der Waals surface area contributed by atoms with Crippen LogP contribution >= 0.6 is 0 Å². The molecule has 0 aliphatic heterocycles. The quantitative estimate of drug-likeness (QED) is 0.364. The number of carbonyl (C=O) groups excluding carboxylic acids is 4. The summed E-state index contributed by atoms with van der Waals surface area (Å²) >= 11 is 0. The van der Waals surface area contributed by atoms with Gasteiger partial charge >= 0.3 is 12.1 Å². The van der Waals surface area contributed by atoms with Gasteiger partial charge in [-0.2, -0.15) is 0 Å². The maximum absolute atomic E-state index is 14.3. The molecule has 0 saturated heterocycles. The molecular weight excluding hydrogens is 546 g/mol. The molecule has 1 fully saturated rings. The van der Waals surface area contributed by atoms with Crippen molar-refractivity contribution in [3.63, 3.8) is 0 Å². The first-order valence-corrected chi connectivity index (χ1v) is 14.9. The minimum Gasteiger partial charge on any atom is -0.458 e. The van der Waals surface area contributed by atoms with E-state index in [1.807, 2.05) is 62.4 Å². The van der Waals surface area contributed by atoms with Crippen molar-refractivity contribution in [2.75, 3.05) is 0 Å². The van der Waals surface area contributed by atoms with E-state index in [4.69, 9.17) is 9.47 Å². The molecular formula is C34H47N3O6. The lowest BCUT2D eigenvalue weighted by molar-refractivity contribution is -0.159. The highest BCUT2D eigenvalue weighted by Crippen LogP contribution is 2.41. The fourth-order valence-corrected chi connectivity index (χ4v) is 4.89. The summed E-state index contributed by atoms with van der Waals surface area (Å²) in [5.41, 5.74) is 0.874. The minimum atomic E-state index is -1.05. The average molecular weight is 594 g/mol. The summed E-state index contributed by atoms with van der Waals surface area (Å²) < 4.78 is 11.1. The molecule has 1 saturated carbocycles. The topological polar surface area (TPSA) is 114 Å². The molecule has 0 aromatic heterocycles.